The van der Waals surface area contributed by atoms with Gasteiger partial charge >= 0.3 is 0 Å². The minimum Gasteiger partial charge on any atom is -0.311 e. The van der Waals surface area contributed by atoms with Crippen molar-refractivity contribution in [2.75, 3.05) is 9.80 Å². The second kappa shape index (κ2) is 27.6. The molecule has 0 spiro atoms. The van der Waals surface area contributed by atoms with Gasteiger partial charge in [-0.2, -0.15) is 0 Å². The van der Waals surface area contributed by atoms with Crippen LogP contribution in [0.1, 0.15) is 44.5 Å². The molecule has 0 bridgehead atoms. The normalized spacial score (nSPS) is 12.6. The Hall–Kier alpha value is -12.4. The number of nitrogens with zero attached hydrogens (tertiary/aromatic N) is 3. The number of rotatable bonds is 15. The summed E-state index contributed by atoms with van der Waals surface area (Å²) in [5.74, 6) is 0. The highest BCUT2D eigenvalue weighted by atomic mass is 28.3. The number of anilines is 6. The van der Waals surface area contributed by atoms with E-state index in [9.17, 15) is 0 Å². The summed E-state index contributed by atoms with van der Waals surface area (Å²) in [4.78, 5) is 5.40. The Morgan fingerprint density at radius 2 is 0.495 bits per heavy atom. The molecule has 1 aromatic heterocycles. The third-order valence-corrected chi connectivity index (χ3v) is 38.2. The fraction of sp³-hybridized carbons (Fsp3) is 0.0769. The van der Waals surface area contributed by atoms with Gasteiger partial charge in [0.2, 0.25) is 0 Å². The van der Waals surface area contributed by atoms with Gasteiger partial charge in [-0.05, 0) is 207 Å². The predicted molar refractivity (Wildman–Crippen MR) is 484 cm³/mol. The van der Waals surface area contributed by atoms with E-state index >= 15 is 0 Å². The number of para-hydroxylation sites is 1. The number of benzene rings is 16. The van der Waals surface area contributed by atoms with Crippen molar-refractivity contribution in [3.05, 3.63) is 421 Å². The summed E-state index contributed by atoms with van der Waals surface area (Å²) in [6, 6.07) is 147. The van der Waals surface area contributed by atoms with E-state index in [-0.39, 0.29) is 6.71 Å². The number of hydrogen-bond acceptors (Lipinski definition) is 2. The summed E-state index contributed by atoms with van der Waals surface area (Å²) in [6.45, 7) is 17.9. The molecule has 0 unspecified atom stereocenters. The largest absolute Gasteiger partial charge is 0.311 e. The molecule has 0 amide bonds. The Morgan fingerprint density at radius 1 is 0.198 bits per heavy atom. The first-order valence-corrected chi connectivity index (χ1v) is 45.1. The minimum atomic E-state index is -3.27. The van der Waals surface area contributed by atoms with Gasteiger partial charge in [-0.1, -0.05) is 348 Å². The van der Waals surface area contributed by atoms with Crippen LogP contribution in [-0.4, -0.2) is 35.5 Å². The van der Waals surface area contributed by atoms with E-state index in [1.807, 2.05) is 0 Å². The molecule has 0 atom stereocenters. The number of aryl methyl sites for hydroxylation is 8. The van der Waals surface area contributed by atoms with Crippen molar-refractivity contribution in [2.24, 2.45) is 0 Å². The highest BCUT2D eigenvalue weighted by Gasteiger charge is 2.50. The van der Waals surface area contributed by atoms with Gasteiger partial charge in [-0.15, -0.1) is 0 Å². The zero-order chi connectivity index (χ0) is 75.3. The van der Waals surface area contributed by atoms with E-state index < -0.39 is 24.2 Å². The predicted octanol–water partition coefficient (Wildman–Crippen LogP) is 15.5. The lowest BCUT2D eigenvalue weighted by Gasteiger charge is -2.46. The van der Waals surface area contributed by atoms with Crippen molar-refractivity contribution in [1.29, 1.82) is 0 Å². The summed E-state index contributed by atoms with van der Waals surface area (Å²) in [5, 5.41) is 18.6. The van der Waals surface area contributed by atoms with Crippen LogP contribution in [0.2, 0.25) is 0 Å². The highest BCUT2D eigenvalue weighted by Crippen LogP contribution is 2.47. The van der Waals surface area contributed by atoms with Crippen LogP contribution in [-0.2, 0) is 0 Å². The van der Waals surface area contributed by atoms with Crippen molar-refractivity contribution in [3.8, 4) is 5.69 Å². The van der Waals surface area contributed by atoms with Gasteiger partial charge in [0, 0.05) is 44.9 Å². The first-order chi connectivity index (χ1) is 54.3. The Labute approximate surface area is 656 Å². The van der Waals surface area contributed by atoms with Crippen molar-refractivity contribution in [3.63, 3.8) is 0 Å². The summed E-state index contributed by atoms with van der Waals surface area (Å²) < 4.78 is 2.58. The van der Waals surface area contributed by atoms with Gasteiger partial charge in [0.05, 0.1) is 16.7 Å². The second-order valence-corrected chi connectivity index (χ2v) is 42.8. The molecular formula is C104H86BN3Si3. The highest BCUT2D eigenvalue weighted by molar-refractivity contribution is 7.21. The lowest BCUT2D eigenvalue weighted by molar-refractivity contribution is 1.16. The van der Waals surface area contributed by atoms with Gasteiger partial charge in [0.15, 0.2) is 24.2 Å². The van der Waals surface area contributed by atoms with Crippen LogP contribution in [0.5, 0.6) is 0 Å². The molecule has 3 heterocycles. The summed E-state index contributed by atoms with van der Waals surface area (Å²) in [7, 11) is -9.66. The van der Waals surface area contributed by atoms with Crippen molar-refractivity contribution < 1.29 is 0 Å². The van der Waals surface area contributed by atoms with Gasteiger partial charge in [0.1, 0.15) is 0 Å². The first-order valence-electron chi connectivity index (χ1n) is 39.1. The molecule has 3 nitrogen and oxygen atoms in total. The topological polar surface area (TPSA) is 11.4 Å². The second-order valence-electron chi connectivity index (χ2n) is 31.4. The maximum absolute atomic E-state index is 3.27. The van der Waals surface area contributed by atoms with E-state index in [0.29, 0.717) is 0 Å². The Bertz CT molecular complexity index is 6210. The van der Waals surface area contributed by atoms with Crippen molar-refractivity contribution >= 4 is 165 Å². The molecule has 111 heavy (non-hydrogen) atoms. The van der Waals surface area contributed by atoms with Gasteiger partial charge in [-0.25, -0.2) is 0 Å². The molecule has 0 saturated heterocycles. The van der Waals surface area contributed by atoms with E-state index in [1.165, 1.54) is 156 Å². The summed E-state index contributed by atoms with van der Waals surface area (Å²) in [5.41, 5.74) is 24.1. The number of hydrogen-bond donors (Lipinski definition) is 0. The average Bonchev–Trinajstić information content (AvgIpc) is 1.34. The molecule has 16 aromatic carbocycles. The van der Waals surface area contributed by atoms with Crippen LogP contribution in [0.25, 0.3) is 27.5 Å². The molecule has 17 aromatic rings. The molecule has 0 N–H and O–H groups in total. The molecule has 0 fully saturated rings. The first kappa shape index (κ1) is 69.1. The van der Waals surface area contributed by atoms with Crippen LogP contribution in [0, 0.1) is 55.4 Å². The van der Waals surface area contributed by atoms with Crippen LogP contribution in [0.3, 0.4) is 0 Å². The van der Waals surface area contributed by atoms with Gasteiger partial charge in [-0.3, -0.25) is 0 Å². The molecule has 0 aliphatic carbocycles. The van der Waals surface area contributed by atoms with E-state index in [4.69, 9.17) is 0 Å². The van der Waals surface area contributed by atoms with Gasteiger partial charge in [0.25, 0.3) is 6.71 Å². The molecule has 0 radical (unpaired) electrons. The monoisotopic (exact) mass is 1470 g/mol. The SMILES string of the molecule is Cc1cc(C)cc([Si](c2ccccc2)(c2ccccc2)c2cccc(N3c4cc([Si](c5ccccc5)(c5ccccc5)c5cc(C)cc(C)c5)ccc4B4c5ccc([Si](c6ccccc6)(c6ccccc6)c6cc(C)cc(C)c6)cc5N(c5ccccc5)c5cc(-n6c7ccc(C)cc7c7cc(C)ccc76)cc3c54)c2)c1. The third kappa shape index (κ3) is 11.3. The molecule has 2 aliphatic rings. The van der Waals surface area contributed by atoms with Crippen LogP contribution < -0.4 is 88.4 Å². The van der Waals surface area contributed by atoms with Crippen molar-refractivity contribution in [1.82, 2.24) is 4.57 Å². The minimum absolute atomic E-state index is 0.242. The summed E-state index contributed by atoms with van der Waals surface area (Å²) >= 11 is 0. The average molecular weight is 1470 g/mol. The number of fused-ring (bicyclic) bond motifs is 7. The Morgan fingerprint density at radius 3 is 0.838 bits per heavy atom. The fourth-order valence-corrected chi connectivity index (χ4v) is 34.7. The quantitative estimate of drug-likeness (QED) is 0.0749. The molecule has 7 heteroatoms. The Kier molecular flexibility index (Phi) is 17.2. The zero-order valence-corrected chi connectivity index (χ0v) is 67.2. The molecule has 0 saturated carbocycles. The molecular weight excluding hydrogens is 1390 g/mol. The maximum Gasteiger partial charge on any atom is 0.252 e. The number of aromatic nitrogens is 1. The smallest absolute Gasteiger partial charge is 0.252 e. The molecule has 2 aliphatic heterocycles. The fourth-order valence-electron chi connectivity index (χ4n) is 19.8. The van der Waals surface area contributed by atoms with E-state index in [0.717, 1.165) is 28.4 Å². The molecule has 532 valence electrons. The van der Waals surface area contributed by atoms with Crippen LogP contribution in [0.15, 0.2) is 376 Å². The maximum atomic E-state index is 2.74. The lowest BCUT2D eigenvalue weighted by atomic mass is 9.33. The van der Waals surface area contributed by atoms with Crippen LogP contribution in [0.4, 0.5) is 34.1 Å². The van der Waals surface area contributed by atoms with Crippen molar-refractivity contribution in [2.45, 2.75) is 55.4 Å². The summed E-state index contributed by atoms with van der Waals surface area (Å²) in [6.07, 6.45) is 0. The standard InChI is InChI=1S/C104H86BN3Si3/c1-71-47-53-98-94(64-71)95-65-72(2)48-54-99(95)108(98)81-67-102-104-103(68-81)107(80-33-30-46-88(66-80)109(82-34-18-10-19-35-82,83-36-20-11-21-37-83)91-58-73(3)55-74(4)59-91)101-70-90(111(86-42-26-14-27-43-86,87-44-28-15-29-45-87)93-62-77(7)57-78(8)63-93)50-52-97(101)105(104)96-51-49-89(69-100(96)106(102)79-31-16-9-17-32-79)110(84-38-22-12-23-39-84,85-40-24-13-25-41-85)92-60-75(5)56-76(6)61-92/h9-70H,1-8H3. The van der Waals surface area contributed by atoms with Crippen LogP contribution >= 0.6 is 0 Å². The lowest BCUT2D eigenvalue weighted by Crippen LogP contribution is -2.75. The van der Waals surface area contributed by atoms with Gasteiger partial charge < -0.3 is 14.4 Å². The van der Waals surface area contributed by atoms with E-state index in [2.05, 4.69) is 446 Å². The zero-order valence-electron chi connectivity index (χ0n) is 64.2. The molecule has 19 rings (SSSR count). The van der Waals surface area contributed by atoms with E-state index in [1.54, 1.807) is 0 Å². The third-order valence-electron chi connectivity index (χ3n) is 24.0. The Balaban J connectivity index is 0.992.